The Morgan fingerprint density at radius 3 is 1.64 bits per heavy atom. The van der Waals surface area contributed by atoms with Gasteiger partial charge < -0.3 is 25.7 Å². The van der Waals surface area contributed by atoms with E-state index < -0.39 is 23.8 Å². The van der Waals surface area contributed by atoms with Crippen molar-refractivity contribution in [2.45, 2.75) is 70.6 Å². The van der Waals surface area contributed by atoms with E-state index >= 15 is 0 Å². The smallest absolute Gasteiger partial charge is 0.303 e. The third-order valence-corrected chi connectivity index (χ3v) is 3.87. The Balaban J connectivity index is 0.000000521. The van der Waals surface area contributed by atoms with Crippen LogP contribution in [0.1, 0.15) is 75.1 Å². The Kier molecular flexibility index (Phi) is 13.3. The second-order valence-corrected chi connectivity index (χ2v) is 6.40. The summed E-state index contributed by atoms with van der Waals surface area (Å²) in [4.78, 5) is 31.7. The first-order valence-electron chi connectivity index (χ1n) is 9.44. The minimum atomic E-state index is -2.13. The van der Waals surface area contributed by atoms with Crippen LogP contribution in [0.5, 0.6) is 0 Å². The van der Waals surface area contributed by atoms with Crippen LogP contribution in [0.2, 0.25) is 0 Å². The molecule has 0 fully saturated rings. The molecular formula is C20H31NO7. The van der Waals surface area contributed by atoms with Crippen molar-refractivity contribution >= 4 is 17.8 Å². The molecule has 0 aromatic heterocycles. The molecule has 0 aliphatic carbocycles. The highest BCUT2D eigenvalue weighted by molar-refractivity contribution is 5.94. The van der Waals surface area contributed by atoms with Gasteiger partial charge in [-0.3, -0.25) is 14.4 Å². The predicted molar refractivity (Wildman–Crippen MR) is 104 cm³/mol. The summed E-state index contributed by atoms with van der Waals surface area (Å²) in [6, 6.07) is 8.39. The van der Waals surface area contributed by atoms with E-state index in [4.69, 9.17) is 10.2 Å². The average molecular weight is 397 g/mol. The van der Waals surface area contributed by atoms with Gasteiger partial charge in [-0.05, 0) is 25.0 Å². The molecule has 0 atom stereocenters. The fourth-order valence-electron chi connectivity index (χ4n) is 2.19. The van der Waals surface area contributed by atoms with Crippen LogP contribution < -0.4 is 5.32 Å². The van der Waals surface area contributed by atoms with E-state index in [2.05, 4.69) is 5.32 Å². The minimum absolute atomic E-state index is 0.0333. The largest absolute Gasteiger partial charge is 0.481 e. The predicted octanol–water partition coefficient (Wildman–Crippen LogP) is 2.74. The molecule has 0 unspecified atom stereocenters. The molecule has 0 bridgehead atoms. The molecule has 158 valence electrons. The lowest BCUT2D eigenvalue weighted by Gasteiger charge is -2.20. The highest BCUT2D eigenvalue weighted by Gasteiger charge is 2.23. The van der Waals surface area contributed by atoms with Crippen LogP contribution in [0.15, 0.2) is 30.3 Å². The van der Waals surface area contributed by atoms with Gasteiger partial charge in [-0.2, -0.15) is 0 Å². The summed E-state index contributed by atoms with van der Waals surface area (Å²) >= 11 is 0. The Morgan fingerprint density at radius 1 is 0.821 bits per heavy atom. The summed E-state index contributed by atoms with van der Waals surface area (Å²) in [6.07, 6.45) is 5.86. The minimum Gasteiger partial charge on any atom is -0.481 e. The maximum Gasteiger partial charge on any atom is 0.303 e. The van der Waals surface area contributed by atoms with Crippen LogP contribution in [0.25, 0.3) is 0 Å². The summed E-state index contributed by atoms with van der Waals surface area (Å²) in [6.45, 7) is 1.56. The van der Waals surface area contributed by atoms with Gasteiger partial charge >= 0.3 is 11.9 Å². The van der Waals surface area contributed by atoms with Crippen molar-refractivity contribution in [1.82, 2.24) is 5.32 Å². The maximum absolute atomic E-state index is 11.4. The molecule has 0 saturated carbocycles. The van der Waals surface area contributed by atoms with Crippen LogP contribution in [0.4, 0.5) is 0 Å². The zero-order valence-electron chi connectivity index (χ0n) is 16.3. The quantitative estimate of drug-likeness (QED) is 0.269. The molecule has 8 heteroatoms. The summed E-state index contributed by atoms with van der Waals surface area (Å²) < 4.78 is 0. The molecule has 1 aromatic carbocycles. The van der Waals surface area contributed by atoms with Crippen molar-refractivity contribution in [3.63, 3.8) is 0 Å². The number of aliphatic hydroxyl groups is 2. The van der Waals surface area contributed by atoms with Gasteiger partial charge in [0, 0.05) is 24.8 Å². The van der Waals surface area contributed by atoms with Crippen LogP contribution in [-0.4, -0.2) is 44.2 Å². The average Bonchev–Trinajstić information content (AvgIpc) is 2.64. The van der Waals surface area contributed by atoms with Gasteiger partial charge in [0.05, 0.1) is 0 Å². The van der Waals surface area contributed by atoms with Crippen LogP contribution in [0.3, 0.4) is 0 Å². The fourth-order valence-corrected chi connectivity index (χ4v) is 2.19. The molecular weight excluding hydrogens is 366 g/mol. The Hall–Kier alpha value is -2.45. The van der Waals surface area contributed by atoms with Crippen molar-refractivity contribution in [1.29, 1.82) is 0 Å². The van der Waals surface area contributed by atoms with Gasteiger partial charge in [0.1, 0.15) is 0 Å². The summed E-state index contributed by atoms with van der Waals surface area (Å²) in [5, 5.41) is 37.2. The topological polar surface area (TPSA) is 144 Å². The molecule has 0 spiro atoms. The van der Waals surface area contributed by atoms with Gasteiger partial charge in [-0.25, -0.2) is 0 Å². The van der Waals surface area contributed by atoms with E-state index in [1.165, 1.54) is 0 Å². The van der Waals surface area contributed by atoms with E-state index in [-0.39, 0.29) is 19.3 Å². The second-order valence-electron chi connectivity index (χ2n) is 6.40. The number of unbranched alkanes of at least 4 members (excludes halogenated alkanes) is 5. The van der Waals surface area contributed by atoms with E-state index in [1.807, 2.05) is 0 Å². The number of carboxylic acid groups (broad SMARTS) is 2. The van der Waals surface area contributed by atoms with E-state index in [1.54, 1.807) is 37.3 Å². The van der Waals surface area contributed by atoms with Gasteiger partial charge in [0.2, 0.25) is 5.91 Å². The summed E-state index contributed by atoms with van der Waals surface area (Å²) in [5.74, 6) is -4.11. The number of benzene rings is 1. The first-order chi connectivity index (χ1) is 13.2. The zero-order valence-corrected chi connectivity index (χ0v) is 16.3. The lowest BCUT2D eigenvalue weighted by atomic mass is 10.1. The zero-order chi connectivity index (χ0) is 21.4. The Bertz CT molecular complexity index is 567. The number of nitrogens with one attached hydrogen (secondary N) is 1. The highest BCUT2D eigenvalue weighted by atomic mass is 16.5. The van der Waals surface area contributed by atoms with Crippen molar-refractivity contribution in [2.75, 3.05) is 0 Å². The fraction of sp³-hybridized carbons (Fsp3) is 0.550. The van der Waals surface area contributed by atoms with E-state index in [0.717, 1.165) is 38.5 Å². The molecule has 1 aromatic rings. The normalized spacial score (nSPS) is 10.5. The molecule has 0 radical (unpaired) electrons. The molecule has 0 saturated heterocycles. The second kappa shape index (κ2) is 14.6. The monoisotopic (exact) mass is 397 g/mol. The number of aliphatic carboxylic acids is 2. The van der Waals surface area contributed by atoms with Crippen molar-refractivity contribution in [3.05, 3.63) is 35.9 Å². The first-order valence-corrected chi connectivity index (χ1v) is 9.44. The number of rotatable bonds is 12. The number of hydrogen-bond acceptors (Lipinski definition) is 5. The van der Waals surface area contributed by atoms with Crippen LogP contribution in [-0.2, 0) is 9.59 Å². The Morgan fingerprint density at radius 2 is 1.25 bits per heavy atom. The molecule has 1 rings (SSSR count). The lowest BCUT2D eigenvalue weighted by molar-refractivity contribution is -0.177. The third-order valence-electron chi connectivity index (χ3n) is 3.87. The molecule has 5 N–H and O–H groups in total. The number of amides is 1. The summed E-state index contributed by atoms with van der Waals surface area (Å²) in [5.41, 5.74) is 0.397. The summed E-state index contributed by atoms with van der Waals surface area (Å²) in [7, 11) is 0. The molecule has 28 heavy (non-hydrogen) atoms. The van der Waals surface area contributed by atoms with Crippen molar-refractivity contribution in [3.8, 4) is 0 Å². The van der Waals surface area contributed by atoms with Gasteiger partial charge in [0.15, 0.2) is 0 Å². The van der Waals surface area contributed by atoms with Crippen molar-refractivity contribution < 1.29 is 34.8 Å². The third kappa shape index (κ3) is 14.7. The number of carboxylic acids is 2. The number of hydrogen-bond donors (Lipinski definition) is 5. The van der Waals surface area contributed by atoms with Crippen LogP contribution in [0, 0.1) is 0 Å². The van der Waals surface area contributed by atoms with Crippen LogP contribution >= 0.6 is 0 Å². The van der Waals surface area contributed by atoms with Gasteiger partial charge in [-0.1, -0.05) is 50.8 Å². The molecule has 0 aliphatic rings. The highest BCUT2D eigenvalue weighted by Crippen LogP contribution is 2.08. The molecule has 8 nitrogen and oxygen atoms in total. The molecule has 0 aliphatic heterocycles. The SMILES string of the molecule is CCC(O)(O)NC(=O)c1ccccc1.O=C(O)CCCCCCCCC(=O)O. The van der Waals surface area contributed by atoms with E-state index in [0.29, 0.717) is 5.56 Å². The maximum atomic E-state index is 11.4. The standard InChI is InChI=1S/C10H13NO3.C10H18O4/c1-2-10(13,14)11-9(12)8-6-4-3-5-7-8;11-9(12)7-5-3-1-2-4-6-8-10(13)14/h3-7,13-14H,2H2,1H3,(H,11,12);1-8H2,(H,11,12)(H,13,14). The Labute approximate surface area is 165 Å². The first kappa shape index (κ1) is 25.6. The molecule has 1 amide bonds. The van der Waals surface area contributed by atoms with Crippen molar-refractivity contribution in [2.24, 2.45) is 0 Å². The molecule has 0 heterocycles. The number of carbonyl (C=O) groups excluding carboxylic acids is 1. The number of carbonyl (C=O) groups is 3. The van der Waals surface area contributed by atoms with Gasteiger partial charge in [0.25, 0.3) is 5.91 Å². The lowest BCUT2D eigenvalue weighted by Crippen LogP contribution is -2.47. The van der Waals surface area contributed by atoms with E-state index in [9.17, 15) is 24.6 Å². The van der Waals surface area contributed by atoms with Gasteiger partial charge in [-0.15, -0.1) is 0 Å².